The molecule has 2 unspecified atom stereocenters. The van der Waals surface area contributed by atoms with Crippen LogP contribution in [-0.4, -0.2) is 36.7 Å². The quantitative estimate of drug-likeness (QED) is 0.781. The van der Waals surface area contributed by atoms with Gasteiger partial charge in [0, 0.05) is 13.5 Å². The average molecular weight is 265 g/mol. The van der Waals surface area contributed by atoms with E-state index in [1.165, 1.54) is 7.11 Å². The Kier molecular flexibility index (Phi) is 6.02. The molecule has 104 valence electrons. The van der Waals surface area contributed by atoms with E-state index in [9.17, 15) is 9.59 Å². The van der Waals surface area contributed by atoms with Gasteiger partial charge in [0.15, 0.2) is 6.04 Å². The minimum absolute atomic E-state index is 0.0400. The van der Waals surface area contributed by atoms with Crippen LogP contribution in [0.1, 0.15) is 24.8 Å². The highest BCUT2D eigenvalue weighted by molar-refractivity contribution is 5.84. The number of amides is 1. The van der Waals surface area contributed by atoms with Gasteiger partial charge in [0.05, 0.1) is 6.61 Å². The van der Waals surface area contributed by atoms with E-state index in [1.807, 2.05) is 37.3 Å². The van der Waals surface area contributed by atoms with Gasteiger partial charge in [-0.05, 0) is 11.5 Å². The lowest BCUT2D eigenvalue weighted by atomic mass is 9.97. The molecular weight excluding hydrogens is 246 g/mol. The zero-order chi connectivity index (χ0) is 14.3. The van der Waals surface area contributed by atoms with Crippen LogP contribution in [0.25, 0.3) is 0 Å². The first kappa shape index (κ1) is 15.2. The summed E-state index contributed by atoms with van der Waals surface area (Å²) in [4.78, 5) is 22.7. The molecule has 1 amide bonds. The van der Waals surface area contributed by atoms with Crippen molar-refractivity contribution in [1.29, 1.82) is 0 Å². The van der Waals surface area contributed by atoms with Gasteiger partial charge in [-0.3, -0.25) is 4.79 Å². The number of nitrogens with one attached hydrogen (secondary N) is 1. The van der Waals surface area contributed by atoms with Crippen molar-refractivity contribution in [1.82, 2.24) is 5.32 Å². The zero-order valence-corrected chi connectivity index (χ0v) is 11.1. The fraction of sp³-hybridized carbons (Fsp3) is 0.429. The van der Waals surface area contributed by atoms with Gasteiger partial charge >= 0.3 is 5.97 Å². The lowest BCUT2D eigenvalue weighted by Gasteiger charge is -2.16. The molecule has 0 aliphatic rings. The molecule has 0 saturated heterocycles. The Morgan fingerprint density at radius 1 is 1.32 bits per heavy atom. The summed E-state index contributed by atoms with van der Waals surface area (Å²) in [5.41, 5.74) is 1.05. The largest absolute Gasteiger partial charge is 0.480 e. The van der Waals surface area contributed by atoms with Crippen molar-refractivity contribution in [2.45, 2.75) is 25.3 Å². The van der Waals surface area contributed by atoms with Gasteiger partial charge in [-0.1, -0.05) is 37.3 Å². The maximum atomic E-state index is 11.8. The van der Waals surface area contributed by atoms with Crippen LogP contribution >= 0.6 is 0 Å². The van der Waals surface area contributed by atoms with E-state index < -0.39 is 12.0 Å². The highest BCUT2D eigenvalue weighted by Gasteiger charge is 2.20. The summed E-state index contributed by atoms with van der Waals surface area (Å²) in [6, 6.07) is 8.63. The molecule has 0 aromatic heterocycles. The molecule has 0 heterocycles. The molecule has 0 aliphatic carbocycles. The van der Waals surface area contributed by atoms with E-state index in [1.54, 1.807) is 0 Å². The monoisotopic (exact) mass is 265 g/mol. The topological polar surface area (TPSA) is 75.6 Å². The molecule has 5 heteroatoms. The number of ether oxygens (including phenoxy) is 1. The van der Waals surface area contributed by atoms with E-state index in [0.717, 1.165) is 5.56 Å². The summed E-state index contributed by atoms with van der Waals surface area (Å²) in [5.74, 6) is -1.35. The Morgan fingerprint density at radius 3 is 2.47 bits per heavy atom. The Morgan fingerprint density at radius 2 is 1.95 bits per heavy atom. The maximum Gasteiger partial charge on any atom is 0.328 e. The van der Waals surface area contributed by atoms with Gasteiger partial charge in [-0.2, -0.15) is 0 Å². The first-order valence-electron chi connectivity index (χ1n) is 6.10. The first-order chi connectivity index (χ1) is 9.04. The van der Waals surface area contributed by atoms with Crippen LogP contribution < -0.4 is 5.32 Å². The molecule has 1 aromatic rings. The van der Waals surface area contributed by atoms with Crippen LogP contribution in [0.5, 0.6) is 0 Å². The SMILES string of the molecule is COCC(NC(=O)CC(C)c1ccccc1)C(=O)O. The second-order valence-corrected chi connectivity index (χ2v) is 4.43. The third-order valence-electron chi connectivity index (χ3n) is 2.83. The fourth-order valence-corrected chi connectivity index (χ4v) is 1.77. The third-order valence-corrected chi connectivity index (χ3v) is 2.83. The van der Waals surface area contributed by atoms with Gasteiger partial charge in [-0.25, -0.2) is 4.79 Å². The normalized spacial score (nSPS) is 13.6. The number of carbonyl (C=O) groups excluding carboxylic acids is 1. The Bertz CT molecular complexity index is 419. The lowest BCUT2D eigenvalue weighted by molar-refractivity contribution is -0.143. The van der Waals surface area contributed by atoms with Crippen LogP contribution in [0, 0.1) is 0 Å². The minimum Gasteiger partial charge on any atom is -0.480 e. The summed E-state index contributed by atoms with van der Waals surface area (Å²) in [6.07, 6.45) is 0.248. The van der Waals surface area contributed by atoms with E-state index >= 15 is 0 Å². The maximum absolute atomic E-state index is 11.8. The Balaban J connectivity index is 2.52. The standard InChI is InChI=1S/C14H19NO4/c1-10(11-6-4-3-5-7-11)8-13(16)15-12(9-19-2)14(17)18/h3-7,10,12H,8-9H2,1-2H3,(H,15,16)(H,17,18). The smallest absolute Gasteiger partial charge is 0.328 e. The third kappa shape index (κ3) is 5.09. The minimum atomic E-state index is -1.09. The molecule has 1 rings (SSSR count). The molecule has 0 bridgehead atoms. The number of methoxy groups -OCH3 is 1. The molecule has 0 radical (unpaired) electrons. The molecule has 2 atom stereocenters. The summed E-state index contributed by atoms with van der Waals surface area (Å²) >= 11 is 0. The number of hydrogen-bond acceptors (Lipinski definition) is 3. The Labute approximate surface area is 112 Å². The Hall–Kier alpha value is -1.88. The lowest BCUT2D eigenvalue weighted by Crippen LogP contribution is -2.44. The van der Waals surface area contributed by atoms with Gasteiger partial charge in [0.1, 0.15) is 0 Å². The summed E-state index contributed by atoms with van der Waals surface area (Å²) in [6.45, 7) is 1.89. The summed E-state index contributed by atoms with van der Waals surface area (Å²) < 4.78 is 4.76. The van der Waals surface area contributed by atoms with Crippen LogP contribution in [0.2, 0.25) is 0 Å². The molecule has 5 nitrogen and oxygen atoms in total. The van der Waals surface area contributed by atoms with Crippen molar-refractivity contribution >= 4 is 11.9 Å². The molecule has 0 spiro atoms. The van der Waals surface area contributed by atoms with Crippen LogP contribution in [0.15, 0.2) is 30.3 Å². The van der Waals surface area contributed by atoms with Crippen molar-refractivity contribution < 1.29 is 19.4 Å². The summed E-state index contributed by atoms with van der Waals surface area (Å²) in [7, 11) is 1.40. The van der Waals surface area contributed by atoms with Crippen LogP contribution in [-0.2, 0) is 14.3 Å². The molecule has 19 heavy (non-hydrogen) atoms. The molecule has 2 N–H and O–H groups in total. The molecule has 0 fully saturated rings. The van der Waals surface area contributed by atoms with Crippen molar-refractivity contribution in [3.05, 3.63) is 35.9 Å². The van der Waals surface area contributed by atoms with E-state index in [4.69, 9.17) is 9.84 Å². The number of benzene rings is 1. The van der Waals surface area contributed by atoms with Gasteiger partial charge in [0.2, 0.25) is 5.91 Å². The van der Waals surface area contributed by atoms with Gasteiger partial charge in [0.25, 0.3) is 0 Å². The first-order valence-corrected chi connectivity index (χ1v) is 6.10. The number of carboxylic acids is 1. The van der Waals surface area contributed by atoms with E-state index in [-0.39, 0.29) is 24.9 Å². The molecule has 1 aromatic carbocycles. The number of carboxylic acid groups (broad SMARTS) is 1. The van der Waals surface area contributed by atoms with E-state index in [0.29, 0.717) is 0 Å². The van der Waals surface area contributed by atoms with Crippen molar-refractivity contribution in [3.8, 4) is 0 Å². The van der Waals surface area contributed by atoms with Crippen LogP contribution in [0.4, 0.5) is 0 Å². The van der Waals surface area contributed by atoms with Crippen molar-refractivity contribution in [2.75, 3.05) is 13.7 Å². The second kappa shape index (κ2) is 7.53. The average Bonchev–Trinajstić information content (AvgIpc) is 2.39. The predicted octanol–water partition coefficient (Wildman–Crippen LogP) is 1.40. The molecular formula is C14H19NO4. The fourth-order valence-electron chi connectivity index (χ4n) is 1.77. The number of hydrogen-bond donors (Lipinski definition) is 2. The second-order valence-electron chi connectivity index (χ2n) is 4.43. The zero-order valence-electron chi connectivity index (χ0n) is 11.1. The van der Waals surface area contributed by atoms with Crippen molar-refractivity contribution in [2.24, 2.45) is 0 Å². The van der Waals surface area contributed by atoms with Gasteiger partial charge < -0.3 is 15.2 Å². The predicted molar refractivity (Wildman–Crippen MR) is 70.9 cm³/mol. The van der Waals surface area contributed by atoms with Crippen LogP contribution in [0.3, 0.4) is 0 Å². The number of aliphatic carboxylic acids is 1. The highest BCUT2D eigenvalue weighted by atomic mass is 16.5. The summed E-state index contributed by atoms with van der Waals surface area (Å²) in [5, 5.41) is 11.4. The molecule has 0 saturated carbocycles. The van der Waals surface area contributed by atoms with Gasteiger partial charge in [-0.15, -0.1) is 0 Å². The number of rotatable bonds is 7. The highest BCUT2D eigenvalue weighted by Crippen LogP contribution is 2.18. The van der Waals surface area contributed by atoms with E-state index in [2.05, 4.69) is 5.32 Å². The van der Waals surface area contributed by atoms with Crippen molar-refractivity contribution in [3.63, 3.8) is 0 Å². The molecule has 0 aliphatic heterocycles. The number of carbonyl (C=O) groups is 2.